The van der Waals surface area contributed by atoms with Crippen molar-refractivity contribution in [1.29, 1.82) is 0 Å². The minimum absolute atomic E-state index is 0.108. The van der Waals surface area contributed by atoms with Gasteiger partial charge in [0.15, 0.2) is 6.10 Å². The van der Waals surface area contributed by atoms with E-state index in [2.05, 4.69) is 73.1 Å². The summed E-state index contributed by atoms with van der Waals surface area (Å²) in [4.78, 5) is 42.7. The van der Waals surface area contributed by atoms with Crippen LogP contribution in [0.15, 0.2) is 109 Å². The largest absolute Gasteiger partial charge is 0.469 e. The van der Waals surface area contributed by atoms with Gasteiger partial charge in [0.25, 0.3) is 0 Å². The number of carbonyl (C=O) groups excluding carboxylic acids is 2. The Morgan fingerprint density at radius 1 is 0.500 bits per heavy atom. The zero-order valence-electron chi connectivity index (χ0n) is 33.3. The number of allylic oxidation sites excluding steroid dienone is 18. The van der Waals surface area contributed by atoms with E-state index in [1.165, 1.54) is 38.5 Å². The second kappa shape index (κ2) is 39.4. The zero-order valence-corrected chi connectivity index (χ0v) is 34.2. The van der Waals surface area contributed by atoms with E-state index in [4.69, 9.17) is 19.3 Å². The fourth-order valence-corrected chi connectivity index (χ4v) is 5.34. The van der Waals surface area contributed by atoms with Crippen LogP contribution in [0.2, 0.25) is 0 Å². The average molecular weight is 771 g/mol. The molecule has 8 nitrogen and oxygen atoms in total. The molecular formula is C45H71O8P. The first-order valence-corrected chi connectivity index (χ1v) is 21.8. The van der Waals surface area contributed by atoms with Gasteiger partial charge in [0.1, 0.15) is 6.61 Å². The fourth-order valence-electron chi connectivity index (χ4n) is 4.98. The SMILES string of the molecule is CC/C=C/C=C/C=C/C=C/C=C/CCCC(=O)OC(COC(=O)CCCCCCCCCCCC/C=C/C/C=C/C/C=C/C/C=C/CC)COP(=O)(O)O. The van der Waals surface area contributed by atoms with Crippen molar-refractivity contribution in [2.75, 3.05) is 13.2 Å². The van der Waals surface area contributed by atoms with Gasteiger partial charge in [-0.25, -0.2) is 4.57 Å². The second-order valence-electron chi connectivity index (χ2n) is 13.0. The molecule has 0 saturated carbocycles. The first-order valence-electron chi connectivity index (χ1n) is 20.2. The Kier molecular flexibility index (Phi) is 37.0. The predicted molar refractivity (Wildman–Crippen MR) is 225 cm³/mol. The Bertz CT molecular complexity index is 1230. The van der Waals surface area contributed by atoms with Crippen LogP contribution < -0.4 is 0 Å². The molecular weight excluding hydrogens is 699 g/mol. The lowest BCUT2D eigenvalue weighted by atomic mass is 10.1. The molecule has 2 N–H and O–H groups in total. The Balaban J connectivity index is 3.99. The molecule has 0 aliphatic heterocycles. The number of esters is 2. The van der Waals surface area contributed by atoms with Crippen molar-refractivity contribution in [3.8, 4) is 0 Å². The van der Waals surface area contributed by atoms with Crippen LogP contribution in [0.3, 0.4) is 0 Å². The molecule has 0 aliphatic carbocycles. The summed E-state index contributed by atoms with van der Waals surface area (Å²) in [5, 5.41) is 0. The van der Waals surface area contributed by atoms with Crippen LogP contribution >= 0.6 is 7.82 Å². The van der Waals surface area contributed by atoms with E-state index in [0.29, 0.717) is 19.3 Å². The first-order chi connectivity index (χ1) is 26.3. The maximum Gasteiger partial charge on any atom is 0.469 e. The molecule has 0 aliphatic rings. The van der Waals surface area contributed by atoms with Crippen LogP contribution in [0, 0.1) is 0 Å². The number of hydrogen-bond donors (Lipinski definition) is 2. The van der Waals surface area contributed by atoms with E-state index in [1.54, 1.807) is 0 Å². The van der Waals surface area contributed by atoms with E-state index < -0.39 is 32.5 Å². The predicted octanol–water partition coefficient (Wildman–Crippen LogP) is 12.4. The van der Waals surface area contributed by atoms with E-state index in [1.807, 2.05) is 54.7 Å². The smallest absolute Gasteiger partial charge is 0.462 e. The lowest BCUT2D eigenvalue weighted by Gasteiger charge is -2.18. The summed E-state index contributed by atoms with van der Waals surface area (Å²) in [5.74, 6) is -0.988. The molecule has 0 heterocycles. The second-order valence-corrected chi connectivity index (χ2v) is 14.2. The molecule has 0 saturated heterocycles. The molecule has 9 heteroatoms. The minimum Gasteiger partial charge on any atom is -0.462 e. The van der Waals surface area contributed by atoms with Crippen molar-refractivity contribution in [3.63, 3.8) is 0 Å². The van der Waals surface area contributed by atoms with Crippen LogP contribution in [-0.2, 0) is 28.2 Å². The summed E-state index contributed by atoms with van der Waals surface area (Å²) in [5.41, 5.74) is 0. The third-order valence-corrected chi connectivity index (χ3v) is 8.40. The van der Waals surface area contributed by atoms with Crippen molar-refractivity contribution in [1.82, 2.24) is 0 Å². The van der Waals surface area contributed by atoms with Gasteiger partial charge in [-0.2, -0.15) is 0 Å². The first kappa shape index (κ1) is 50.7. The van der Waals surface area contributed by atoms with Crippen molar-refractivity contribution < 1.29 is 37.9 Å². The van der Waals surface area contributed by atoms with Crippen molar-refractivity contribution in [3.05, 3.63) is 109 Å². The lowest BCUT2D eigenvalue weighted by Crippen LogP contribution is -2.29. The molecule has 0 bridgehead atoms. The highest BCUT2D eigenvalue weighted by Crippen LogP contribution is 2.36. The summed E-state index contributed by atoms with van der Waals surface area (Å²) in [7, 11) is -4.78. The summed E-state index contributed by atoms with van der Waals surface area (Å²) in [6, 6.07) is 0. The number of rotatable bonds is 35. The highest BCUT2D eigenvalue weighted by Gasteiger charge is 2.22. The van der Waals surface area contributed by atoms with Gasteiger partial charge in [-0.15, -0.1) is 0 Å². The van der Waals surface area contributed by atoms with E-state index >= 15 is 0 Å². The topological polar surface area (TPSA) is 119 Å². The van der Waals surface area contributed by atoms with Gasteiger partial charge in [0.05, 0.1) is 6.61 Å². The van der Waals surface area contributed by atoms with Crippen LogP contribution in [-0.4, -0.2) is 41.0 Å². The normalized spacial score (nSPS) is 13.6. The molecule has 54 heavy (non-hydrogen) atoms. The van der Waals surface area contributed by atoms with Crippen LogP contribution in [0.5, 0.6) is 0 Å². The monoisotopic (exact) mass is 770 g/mol. The minimum atomic E-state index is -4.78. The molecule has 0 aromatic rings. The molecule has 0 fully saturated rings. The number of carbonyl (C=O) groups is 2. The van der Waals surface area contributed by atoms with Crippen molar-refractivity contribution >= 4 is 19.8 Å². The number of phosphoric ester groups is 1. The van der Waals surface area contributed by atoms with E-state index in [0.717, 1.165) is 57.8 Å². The molecule has 0 spiro atoms. The summed E-state index contributed by atoms with van der Waals surface area (Å²) in [6.45, 7) is 3.34. The Labute approximate surface area is 327 Å². The number of unbranched alkanes of at least 4 members (excludes halogenated alkanes) is 11. The van der Waals surface area contributed by atoms with Gasteiger partial charge in [-0.1, -0.05) is 175 Å². The molecule has 1 unspecified atom stereocenters. The molecule has 0 radical (unpaired) electrons. The van der Waals surface area contributed by atoms with Crippen LogP contribution in [0.25, 0.3) is 0 Å². The van der Waals surface area contributed by atoms with E-state index in [-0.39, 0.29) is 19.4 Å². The molecule has 0 aromatic heterocycles. The summed E-state index contributed by atoms with van der Waals surface area (Å²) in [6.07, 6.45) is 55.4. The van der Waals surface area contributed by atoms with Crippen molar-refractivity contribution in [2.24, 2.45) is 0 Å². The maximum atomic E-state index is 12.3. The Hall–Kier alpha value is -3.29. The standard InChI is InChI=1S/C45H71O8P/c1-3-5-7-9-11-13-15-17-18-19-20-21-22-23-24-25-26-28-29-31-33-35-37-39-44(46)51-41-43(42-52-54(48,49)50)53-45(47)40-38-36-34-32-30-27-16-14-12-10-8-6-4-2/h5-8,10-14,16-18,20-21,27,30,32,34,43H,3-4,9,15,19,22-26,28-29,31,33,35-42H2,1-2H3,(H2,48,49,50)/b7-5+,8-6+,12-10+,13-11+,16-14+,18-17+,21-20+,30-27+,34-32+. The van der Waals surface area contributed by atoms with E-state index in [9.17, 15) is 14.2 Å². The number of phosphoric acid groups is 1. The molecule has 0 rings (SSSR count). The highest BCUT2D eigenvalue weighted by atomic mass is 31.2. The summed E-state index contributed by atoms with van der Waals surface area (Å²) >= 11 is 0. The zero-order chi connectivity index (χ0) is 39.6. The third kappa shape index (κ3) is 41.5. The quantitative estimate of drug-likeness (QED) is 0.0215. The number of hydrogen-bond acceptors (Lipinski definition) is 6. The van der Waals surface area contributed by atoms with Gasteiger partial charge in [0, 0.05) is 12.8 Å². The Morgan fingerprint density at radius 3 is 1.50 bits per heavy atom. The van der Waals surface area contributed by atoms with Gasteiger partial charge < -0.3 is 19.3 Å². The highest BCUT2D eigenvalue weighted by molar-refractivity contribution is 7.46. The van der Waals surface area contributed by atoms with Gasteiger partial charge in [-0.3, -0.25) is 14.1 Å². The van der Waals surface area contributed by atoms with Gasteiger partial charge in [-0.05, 0) is 64.2 Å². The Morgan fingerprint density at radius 2 is 0.944 bits per heavy atom. The molecule has 0 amide bonds. The molecule has 304 valence electrons. The van der Waals surface area contributed by atoms with Crippen LogP contribution in [0.1, 0.15) is 142 Å². The fraction of sp³-hybridized carbons (Fsp3) is 0.556. The maximum absolute atomic E-state index is 12.3. The summed E-state index contributed by atoms with van der Waals surface area (Å²) < 4.78 is 26.3. The van der Waals surface area contributed by atoms with Crippen molar-refractivity contribution in [2.45, 2.75) is 148 Å². The lowest BCUT2D eigenvalue weighted by molar-refractivity contribution is -0.161. The van der Waals surface area contributed by atoms with Crippen LogP contribution in [0.4, 0.5) is 0 Å². The van der Waals surface area contributed by atoms with Gasteiger partial charge in [0.2, 0.25) is 0 Å². The average Bonchev–Trinajstić information content (AvgIpc) is 3.14. The molecule has 0 aromatic carbocycles. The molecule has 1 atom stereocenters. The third-order valence-electron chi connectivity index (χ3n) is 7.91. The number of ether oxygens (including phenoxy) is 2. The van der Waals surface area contributed by atoms with Gasteiger partial charge >= 0.3 is 19.8 Å².